The first kappa shape index (κ1) is 11.4. The molecule has 2 atom stereocenters. The van der Waals surface area contributed by atoms with Gasteiger partial charge in [-0.3, -0.25) is 0 Å². The van der Waals surface area contributed by atoms with Gasteiger partial charge in [-0.2, -0.15) is 4.98 Å². The summed E-state index contributed by atoms with van der Waals surface area (Å²) in [5.74, 6) is 1.74. The van der Waals surface area contributed by atoms with Crippen LogP contribution < -0.4 is 5.73 Å². The molecule has 1 aliphatic carbocycles. The average molecular weight is 247 g/mol. The van der Waals surface area contributed by atoms with Gasteiger partial charge in [0.1, 0.15) is 0 Å². The maximum absolute atomic E-state index is 6.22. The van der Waals surface area contributed by atoms with E-state index >= 15 is 0 Å². The number of aromatic nitrogens is 4. The molecule has 18 heavy (non-hydrogen) atoms. The summed E-state index contributed by atoms with van der Waals surface area (Å²) in [4.78, 5) is 11.5. The Morgan fingerprint density at radius 3 is 3.11 bits per heavy atom. The summed E-state index contributed by atoms with van der Waals surface area (Å²) < 4.78 is 5.40. The van der Waals surface area contributed by atoms with Gasteiger partial charge >= 0.3 is 0 Å². The molecule has 0 amide bonds. The maximum atomic E-state index is 6.22. The molecule has 1 aliphatic rings. The van der Waals surface area contributed by atoms with Crippen LogP contribution in [0, 0.1) is 0 Å². The Bertz CT molecular complexity index is 520. The number of aromatic amines is 1. The third-order valence-electron chi connectivity index (χ3n) is 3.90. The second-order valence-electron chi connectivity index (χ2n) is 5.13. The Hall–Kier alpha value is -1.69. The fraction of sp³-hybridized carbons (Fsp3) is 0.583. The molecule has 3 N–H and O–H groups in total. The van der Waals surface area contributed by atoms with Gasteiger partial charge in [0.2, 0.25) is 11.7 Å². The fourth-order valence-electron chi connectivity index (χ4n) is 2.57. The third kappa shape index (κ3) is 1.73. The van der Waals surface area contributed by atoms with Gasteiger partial charge in [0.25, 0.3) is 0 Å². The van der Waals surface area contributed by atoms with Crippen LogP contribution in [0.15, 0.2) is 16.9 Å². The fourth-order valence-corrected chi connectivity index (χ4v) is 2.57. The summed E-state index contributed by atoms with van der Waals surface area (Å²) in [5, 5.41) is 3.98. The average Bonchev–Trinajstić information content (AvgIpc) is 3.01. The molecule has 2 aromatic rings. The number of rotatable bonds is 2. The van der Waals surface area contributed by atoms with Crippen molar-refractivity contribution in [2.45, 2.75) is 44.1 Å². The smallest absolute Gasteiger partial charge is 0.238 e. The van der Waals surface area contributed by atoms with Gasteiger partial charge in [-0.1, -0.05) is 18.0 Å². The van der Waals surface area contributed by atoms with Gasteiger partial charge in [-0.25, -0.2) is 4.98 Å². The van der Waals surface area contributed by atoms with Crippen molar-refractivity contribution in [3.05, 3.63) is 18.3 Å². The summed E-state index contributed by atoms with van der Waals surface area (Å²) in [6, 6.07) is 0.0798. The molecule has 6 heteroatoms. The number of hydrogen-bond acceptors (Lipinski definition) is 5. The SMILES string of the molecule is CC1(c2nc(-c3ncc[nH]3)no2)CCCCC1N. The van der Waals surface area contributed by atoms with Crippen LogP contribution in [0.5, 0.6) is 0 Å². The van der Waals surface area contributed by atoms with Crippen molar-refractivity contribution in [2.24, 2.45) is 5.73 Å². The van der Waals surface area contributed by atoms with E-state index in [0.717, 1.165) is 19.3 Å². The van der Waals surface area contributed by atoms with Gasteiger partial charge in [0.15, 0.2) is 5.82 Å². The molecule has 3 rings (SSSR count). The second kappa shape index (κ2) is 4.20. The maximum Gasteiger partial charge on any atom is 0.238 e. The normalized spacial score (nSPS) is 28.4. The lowest BCUT2D eigenvalue weighted by atomic mass is 9.72. The third-order valence-corrected chi connectivity index (χ3v) is 3.90. The summed E-state index contributed by atoms with van der Waals surface area (Å²) in [6.07, 6.45) is 7.74. The number of nitrogens with one attached hydrogen (secondary N) is 1. The molecular weight excluding hydrogens is 230 g/mol. The highest BCUT2D eigenvalue weighted by molar-refractivity contribution is 5.41. The van der Waals surface area contributed by atoms with Gasteiger partial charge in [0, 0.05) is 18.4 Å². The van der Waals surface area contributed by atoms with Crippen molar-refractivity contribution in [1.29, 1.82) is 0 Å². The number of hydrogen-bond donors (Lipinski definition) is 2. The predicted molar refractivity (Wildman–Crippen MR) is 65.7 cm³/mol. The lowest BCUT2D eigenvalue weighted by molar-refractivity contribution is 0.203. The Balaban J connectivity index is 1.93. The van der Waals surface area contributed by atoms with Crippen molar-refractivity contribution in [3.8, 4) is 11.6 Å². The zero-order chi connectivity index (χ0) is 12.6. The van der Waals surface area contributed by atoms with Gasteiger partial charge in [-0.05, 0) is 19.8 Å². The molecular formula is C12H17N5O. The minimum Gasteiger partial charge on any atom is -0.342 e. The molecule has 0 aliphatic heterocycles. The van der Waals surface area contributed by atoms with Crippen LogP contribution >= 0.6 is 0 Å². The zero-order valence-electron chi connectivity index (χ0n) is 10.4. The Morgan fingerprint density at radius 1 is 1.50 bits per heavy atom. The largest absolute Gasteiger partial charge is 0.342 e. The molecule has 1 fully saturated rings. The van der Waals surface area contributed by atoms with E-state index in [9.17, 15) is 0 Å². The second-order valence-corrected chi connectivity index (χ2v) is 5.13. The first-order chi connectivity index (χ1) is 8.70. The molecule has 2 aromatic heterocycles. The quantitative estimate of drug-likeness (QED) is 0.841. The monoisotopic (exact) mass is 247 g/mol. The Kier molecular flexibility index (Phi) is 2.66. The summed E-state index contributed by atoms with van der Waals surface area (Å²) in [7, 11) is 0. The molecule has 96 valence electrons. The van der Waals surface area contributed by atoms with E-state index in [4.69, 9.17) is 10.3 Å². The highest BCUT2D eigenvalue weighted by Crippen LogP contribution is 2.37. The Morgan fingerprint density at radius 2 is 2.39 bits per heavy atom. The molecule has 6 nitrogen and oxygen atoms in total. The van der Waals surface area contributed by atoms with Gasteiger partial charge < -0.3 is 15.2 Å². The van der Waals surface area contributed by atoms with Crippen molar-refractivity contribution >= 4 is 0 Å². The van der Waals surface area contributed by atoms with Crippen LogP contribution in [0.1, 0.15) is 38.5 Å². The van der Waals surface area contributed by atoms with Crippen LogP contribution in [0.4, 0.5) is 0 Å². The molecule has 0 saturated heterocycles. The molecule has 1 saturated carbocycles. The number of nitrogens with two attached hydrogens (primary N) is 1. The van der Waals surface area contributed by atoms with Crippen molar-refractivity contribution < 1.29 is 4.52 Å². The highest BCUT2D eigenvalue weighted by atomic mass is 16.5. The van der Waals surface area contributed by atoms with E-state index in [1.54, 1.807) is 12.4 Å². The topological polar surface area (TPSA) is 93.6 Å². The number of imidazole rings is 1. The van der Waals surface area contributed by atoms with E-state index in [2.05, 4.69) is 27.0 Å². The number of H-pyrrole nitrogens is 1. The van der Waals surface area contributed by atoms with E-state index in [-0.39, 0.29) is 11.5 Å². The van der Waals surface area contributed by atoms with Crippen LogP contribution in [0.25, 0.3) is 11.6 Å². The summed E-state index contributed by atoms with van der Waals surface area (Å²) in [5.41, 5.74) is 6.01. The lowest BCUT2D eigenvalue weighted by Crippen LogP contribution is -2.45. The van der Waals surface area contributed by atoms with E-state index < -0.39 is 0 Å². The minimum absolute atomic E-state index is 0.0798. The Labute approximate surface area is 105 Å². The lowest BCUT2D eigenvalue weighted by Gasteiger charge is -2.35. The zero-order valence-corrected chi connectivity index (χ0v) is 10.4. The van der Waals surface area contributed by atoms with Crippen molar-refractivity contribution in [3.63, 3.8) is 0 Å². The first-order valence-corrected chi connectivity index (χ1v) is 6.30. The minimum atomic E-state index is -0.212. The standard InChI is InChI=1S/C12H17N5O/c1-12(5-3-2-4-8(12)13)11-16-10(17-18-11)9-14-6-7-15-9/h6-8H,2-5,13H2,1H3,(H,14,15). The molecule has 0 spiro atoms. The van der Waals surface area contributed by atoms with Crippen molar-refractivity contribution in [2.75, 3.05) is 0 Å². The first-order valence-electron chi connectivity index (χ1n) is 6.30. The predicted octanol–water partition coefficient (Wildman–Crippen LogP) is 1.62. The van der Waals surface area contributed by atoms with Crippen LogP contribution in [0.3, 0.4) is 0 Å². The van der Waals surface area contributed by atoms with E-state index in [1.165, 1.54) is 6.42 Å². The molecule has 0 bridgehead atoms. The van der Waals surface area contributed by atoms with Crippen LogP contribution in [-0.2, 0) is 5.41 Å². The number of nitrogens with zero attached hydrogens (tertiary/aromatic N) is 3. The van der Waals surface area contributed by atoms with Gasteiger partial charge in [0.05, 0.1) is 5.41 Å². The van der Waals surface area contributed by atoms with Crippen LogP contribution in [-0.4, -0.2) is 26.2 Å². The summed E-state index contributed by atoms with van der Waals surface area (Å²) in [6.45, 7) is 2.11. The van der Waals surface area contributed by atoms with Crippen molar-refractivity contribution in [1.82, 2.24) is 20.1 Å². The molecule has 2 unspecified atom stereocenters. The van der Waals surface area contributed by atoms with E-state index in [1.807, 2.05) is 0 Å². The molecule has 0 aromatic carbocycles. The van der Waals surface area contributed by atoms with Crippen LogP contribution in [0.2, 0.25) is 0 Å². The molecule has 0 radical (unpaired) electrons. The van der Waals surface area contributed by atoms with E-state index in [0.29, 0.717) is 17.5 Å². The highest BCUT2D eigenvalue weighted by Gasteiger charge is 2.40. The molecule has 2 heterocycles. The van der Waals surface area contributed by atoms with Gasteiger partial charge in [-0.15, -0.1) is 0 Å². The summed E-state index contributed by atoms with van der Waals surface area (Å²) >= 11 is 0.